The first-order valence-corrected chi connectivity index (χ1v) is 10.3. The molecule has 23 heavy (non-hydrogen) atoms. The number of hydrogen-bond acceptors (Lipinski definition) is 3. The minimum atomic E-state index is 0.337. The van der Waals surface area contributed by atoms with Gasteiger partial charge in [-0.2, -0.15) is 0 Å². The molecule has 0 bridgehead atoms. The molecule has 1 aromatic rings. The molecule has 3 nitrogen and oxygen atoms in total. The third kappa shape index (κ3) is 3.34. The zero-order chi connectivity index (χ0) is 15.6. The van der Waals surface area contributed by atoms with Crippen molar-refractivity contribution in [3.05, 3.63) is 21.9 Å². The summed E-state index contributed by atoms with van der Waals surface area (Å²) in [6, 6.07) is 2.98. The van der Waals surface area contributed by atoms with Crippen molar-refractivity contribution in [3.8, 4) is 0 Å². The second-order valence-corrected chi connectivity index (χ2v) is 8.48. The summed E-state index contributed by atoms with van der Waals surface area (Å²) in [7, 11) is 0. The molecule has 2 aliphatic heterocycles. The SMILES string of the molecule is O=C(C1CCCCC1)N1CCC(N2CCc3sccc3C2)CC1. The molecular weight excluding hydrogens is 304 g/mol. The van der Waals surface area contributed by atoms with Crippen molar-refractivity contribution >= 4 is 17.2 Å². The molecule has 2 fully saturated rings. The quantitative estimate of drug-likeness (QED) is 0.825. The van der Waals surface area contributed by atoms with E-state index in [-0.39, 0.29) is 0 Å². The van der Waals surface area contributed by atoms with Crippen LogP contribution in [0.5, 0.6) is 0 Å². The van der Waals surface area contributed by atoms with Crippen molar-refractivity contribution in [2.75, 3.05) is 19.6 Å². The first-order chi connectivity index (χ1) is 11.3. The second kappa shape index (κ2) is 6.94. The van der Waals surface area contributed by atoms with Gasteiger partial charge in [0.05, 0.1) is 0 Å². The van der Waals surface area contributed by atoms with Crippen LogP contribution in [0.15, 0.2) is 11.4 Å². The average molecular weight is 333 g/mol. The van der Waals surface area contributed by atoms with Crippen molar-refractivity contribution < 1.29 is 4.79 Å². The van der Waals surface area contributed by atoms with Gasteiger partial charge in [0.25, 0.3) is 0 Å². The Morgan fingerprint density at radius 2 is 1.83 bits per heavy atom. The molecule has 1 saturated carbocycles. The monoisotopic (exact) mass is 332 g/mol. The summed E-state index contributed by atoms with van der Waals surface area (Å²) < 4.78 is 0. The molecule has 1 amide bonds. The number of amides is 1. The van der Waals surface area contributed by atoms with E-state index in [2.05, 4.69) is 21.2 Å². The van der Waals surface area contributed by atoms with Gasteiger partial charge in [-0.05, 0) is 49.1 Å². The largest absolute Gasteiger partial charge is 0.342 e. The third-order valence-corrected chi connectivity index (χ3v) is 7.11. The standard InChI is InChI=1S/C19H28N2OS/c22-19(15-4-2-1-3-5-15)20-10-6-17(7-11-20)21-12-8-18-16(14-21)9-13-23-18/h9,13,15,17H,1-8,10-12,14H2. The minimum absolute atomic E-state index is 0.337. The molecular formula is C19H28N2OS. The smallest absolute Gasteiger partial charge is 0.225 e. The predicted molar refractivity (Wildman–Crippen MR) is 94.6 cm³/mol. The van der Waals surface area contributed by atoms with E-state index >= 15 is 0 Å². The van der Waals surface area contributed by atoms with E-state index in [9.17, 15) is 4.79 Å². The first kappa shape index (κ1) is 15.6. The van der Waals surface area contributed by atoms with Gasteiger partial charge in [0.15, 0.2) is 0 Å². The summed E-state index contributed by atoms with van der Waals surface area (Å²) in [6.07, 6.45) is 9.64. The molecule has 3 aliphatic rings. The molecule has 1 aliphatic carbocycles. The van der Waals surface area contributed by atoms with Gasteiger partial charge in [-0.1, -0.05) is 19.3 Å². The van der Waals surface area contributed by atoms with Crippen LogP contribution in [-0.2, 0) is 17.8 Å². The Morgan fingerprint density at radius 1 is 1.04 bits per heavy atom. The van der Waals surface area contributed by atoms with E-state index in [1.807, 2.05) is 11.3 Å². The van der Waals surface area contributed by atoms with Gasteiger partial charge in [-0.3, -0.25) is 9.69 Å². The number of nitrogens with zero attached hydrogens (tertiary/aromatic N) is 2. The summed E-state index contributed by atoms with van der Waals surface area (Å²) >= 11 is 1.91. The van der Waals surface area contributed by atoms with Gasteiger partial charge in [0.2, 0.25) is 5.91 Å². The lowest BCUT2D eigenvalue weighted by atomic mass is 9.87. The highest BCUT2D eigenvalue weighted by atomic mass is 32.1. The number of carbonyl (C=O) groups is 1. The van der Waals surface area contributed by atoms with Crippen LogP contribution in [0.2, 0.25) is 0 Å². The highest BCUT2D eigenvalue weighted by Crippen LogP contribution is 2.30. The van der Waals surface area contributed by atoms with E-state index < -0.39 is 0 Å². The summed E-state index contributed by atoms with van der Waals surface area (Å²) in [5.74, 6) is 0.797. The number of rotatable bonds is 2. The van der Waals surface area contributed by atoms with Gasteiger partial charge in [0, 0.05) is 43.0 Å². The van der Waals surface area contributed by atoms with Gasteiger partial charge in [-0.25, -0.2) is 0 Å². The fourth-order valence-electron chi connectivity index (χ4n) is 4.64. The van der Waals surface area contributed by atoms with Crippen molar-refractivity contribution in [1.29, 1.82) is 0 Å². The fraction of sp³-hybridized carbons (Fsp3) is 0.737. The van der Waals surface area contributed by atoms with Gasteiger partial charge < -0.3 is 4.90 Å². The molecule has 3 heterocycles. The molecule has 0 spiro atoms. The van der Waals surface area contributed by atoms with E-state index in [1.54, 1.807) is 10.4 Å². The molecule has 0 aromatic carbocycles. The first-order valence-electron chi connectivity index (χ1n) is 9.39. The number of piperidine rings is 1. The number of carbonyl (C=O) groups excluding carboxylic acids is 1. The molecule has 0 N–H and O–H groups in total. The molecule has 1 saturated heterocycles. The molecule has 0 atom stereocenters. The van der Waals surface area contributed by atoms with Gasteiger partial charge in [0.1, 0.15) is 0 Å². The minimum Gasteiger partial charge on any atom is -0.342 e. The van der Waals surface area contributed by atoms with Crippen LogP contribution in [0.1, 0.15) is 55.4 Å². The normalized spacial score (nSPS) is 24.6. The Balaban J connectivity index is 1.30. The number of hydrogen-bond donors (Lipinski definition) is 0. The number of likely N-dealkylation sites (tertiary alicyclic amines) is 1. The second-order valence-electron chi connectivity index (χ2n) is 7.48. The fourth-order valence-corrected chi connectivity index (χ4v) is 5.53. The Labute approximate surface area is 143 Å². The topological polar surface area (TPSA) is 23.6 Å². The van der Waals surface area contributed by atoms with Crippen LogP contribution >= 0.6 is 11.3 Å². The van der Waals surface area contributed by atoms with Crippen molar-refractivity contribution in [1.82, 2.24) is 9.80 Å². The Bertz CT molecular complexity index is 541. The summed E-state index contributed by atoms with van der Waals surface area (Å²) in [5.41, 5.74) is 1.54. The van der Waals surface area contributed by atoms with E-state index in [4.69, 9.17) is 0 Å². The molecule has 0 radical (unpaired) electrons. The number of thiophene rings is 1. The van der Waals surface area contributed by atoms with Crippen LogP contribution < -0.4 is 0 Å². The third-order valence-electron chi connectivity index (χ3n) is 6.08. The maximum atomic E-state index is 12.7. The van der Waals surface area contributed by atoms with E-state index in [0.717, 1.165) is 45.3 Å². The van der Waals surface area contributed by atoms with Gasteiger partial charge in [-0.15, -0.1) is 11.3 Å². The van der Waals surface area contributed by atoms with Crippen molar-refractivity contribution in [2.45, 2.75) is 64.0 Å². The van der Waals surface area contributed by atoms with Crippen LogP contribution in [-0.4, -0.2) is 41.4 Å². The highest BCUT2D eigenvalue weighted by Gasteiger charge is 2.32. The lowest BCUT2D eigenvalue weighted by molar-refractivity contribution is -0.138. The maximum Gasteiger partial charge on any atom is 0.225 e. The average Bonchev–Trinajstić information content (AvgIpc) is 3.10. The number of fused-ring (bicyclic) bond motifs is 1. The molecule has 126 valence electrons. The lowest BCUT2D eigenvalue weighted by Gasteiger charge is -2.41. The molecule has 0 unspecified atom stereocenters. The van der Waals surface area contributed by atoms with Gasteiger partial charge >= 0.3 is 0 Å². The summed E-state index contributed by atoms with van der Waals surface area (Å²) in [5, 5.41) is 2.24. The Morgan fingerprint density at radius 3 is 2.61 bits per heavy atom. The van der Waals surface area contributed by atoms with Crippen LogP contribution in [0, 0.1) is 5.92 Å². The highest BCUT2D eigenvalue weighted by molar-refractivity contribution is 7.10. The van der Waals surface area contributed by atoms with Crippen molar-refractivity contribution in [3.63, 3.8) is 0 Å². The van der Waals surface area contributed by atoms with Crippen molar-refractivity contribution in [2.24, 2.45) is 5.92 Å². The van der Waals surface area contributed by atoms with Crippen LogP contribution in [0.4, 0.5) is 0 Å². The zero-order valence-electron chi connectivity index (χ0n) is 14.0. The Hall–Kier alpha value is -0.870. The molecule has 4 heteroatoms. The predicted octanol–water partition coefficient (Wildman–Crippen LogP) is 3.68. The van der Waals surface area contributed by atoms with Crippen LogP contribution in [0.3, 0.4) is 0 Å². The molecule has 1 aromatic heterocycles. The summed E-state index contributed by atoms with van der Waals surface area (Å²) in [6.45, 7) is 4.29. The maximum absolute atomic E-state index is 12.7. The zero-order valence-corrected chi connectivity index (χ0v) is 14.8. The van der Waals surface area contributed by atoms with E-state index in [1.165, 1.54) is 32.2 Å². The lowest BCUT2D eigenvalue weighted by Crippen LogP contribution is -2.49. The summed E-state index contributed by atoms with van der Waals surface area (Å²) in [4.78, 5) is 19.1. The van der Waals surface area contributed by atoms with E-state index in [0.29, 0.717) is 17.9 Å². The van der Waals surface area contributed by atoms with Crippen LogP contribution in [0.25, 0.3) is 0 Å². The Kier molecular flexibility index (Phi) is 4.72. The molecule has 4 rings (SSSR count).